The van der Waals surface area contributed by atoms with Crippen molar-refractivity contribution in [1.82, 2.24) is 0 Å². The van der Waals surface area contributed by atoms with Crippen molar-refractivity contribution in [1.29, 1.82) is 0 Å². The van der Waals surface area contributed by atoms with Gasteiger partial charge in [-0.05, 0) is 58.2 Å². The van der Waals surface area contributed by atoms with Crippen molar-refractivity contribution in [3.8, 4) is 5.75 Å². The predicted molar refractivity (Wildman–Crippen MR) is 92.1 cm³/mol. The SMILES string of the molecule is CCCOc1ccc(C(Br)c2cc(Cl)ccc2F)cc1Br. The molecular weight excluding hydrogens is 422 g/mol. The maximum Gasteiger partial charge on any atom is 0.133 e. The van der Waals surface area contributed by atoms with E-state index in [1.165, 1.54) is 12.1 Å². The van der Waals surface area contributed by atoms with Gasteiger partial charge in [-0.2, -0.15) is 0 Å². The number of benzene rings is 2. The van der Waals surface area contributed by atoms with Crippen LogP contribution in [0.4, 0.5) is 4.39 Å². The molecule has 0 aliphatic rings. The fourth-order valence-corrected chi connectivity index (χ4v) is 3.22. The lowest BCUT2D eigenvalue weighted by atomic mass is 10.0. The molecule has 5 heteroatoms. The average Bonchev–Trinajstić information content (AvgIpc) is 2.47. The van der Waals surface area contributed by atoms with Crippen molar-refractivity contribution >= 4 is 43.5 Å². The zero-order valence-electron chi connectivity index (χ0n) is 11.4. The first-order valence-electron chi connectivity index (χ1n) is 6.54. The Balaban J connectivity index is 2.29. The third kappa shape index (κ3) is 4.21. The molecule has 2 aromatic carbocycles. The molecule has 1 atom stereocenters. The van der Waals surface area contributed by atoms with Crippen molar-refractivity contribution in [2.24, 2.45) is 0 Å². The normalized spacial score (nSPS) is 12.2. The summed E-state index contributed by atoms with van der Waals surface area (Å²) in [5.41, 5.74) is 1.43. The Labute approximate surface area is 145 Å². The molecule has 0 radical (unpaired) electrons. The fourth-order valence-electron chi connectivity index (χ4n) is 1.89. The summed E-state index contributed by atoms with van der Waals surface area (Å²) >= 11 is 13.0. The highest BCUT2D eigenvalue weighted by atomic mass is 79.9. The Morgan fingerprint density at radius 2 is 2.00 bits per heavy atom. The van der Waals surface area contributed by atoms with E-state index in [-0.39, 0.29) is 10.6 Å². The molecule has 0 fully saturated rings. The highest BCUT2D eigenvalue weighted by Crippen LogP contribution is 2.37. The van der Waals surface area contributed by atoms with Crippen molar-refractivity contribution in [2.45, 2.75) is 18.2 Å². The van der Waals surface area contributed by atoms with E-state index in [2.05, 4.69) is 38.8 Å². The minimum absolute atomic E-state index is 0.271. The number of rotatable bonds is 5. The molecule has 1 nitrogen and oxygen atoms in total. The molecule has 0 N–H and O–H groups in total. The van der Waals surface area contributed by atoms with E-state index in [0.29, 0.717) is 17.2 Å². The summed E-state index contributed by atoms with van der Waals surface area (Å²) in [6.45, 7) is 2.72. The number of hydrogen-bond donors (Lipinski definition) is 0. The highest BCUT2D eigenvalue weighted by Gasteiger charge is 2.16. The van der Waals surface area contributed by atoms with E-state index in [4.69, 9.17) is 16.3 Å². The van der Waals surface area contributed by atoms with Gasteiger partial charge >= 0.3 is 0 Å². The molecule has 0 saturated heterocycles. The van der Waals surface area contributed by atoms with Crippen LogP contribution < -0.4 is 4.74 Å². The Morgan fingerprint density at radius 1 is 1.24 bits per heavy atom. The van der Waals surface area contributed by atoms with E-state index < -0.39 is 0 Å². The minimum Gasteiger partial charge on any atom is -0.492 e. The van der Waals surface area contributed by atoms with Gasteiger partial charge in [-0.15, -0.1) is 0 Å². The molecule has 0 bridgehead atoms. The van der Waals surface area contributed by atoms with E-state index in [1.54, 1.807) is 6.07 Å². The molecule has 21 heavy (non-hydrogen) atoms. The standard InChI is InChI=1S/C16H14Br2ClFO/c1-2-7-21-15-6-3-10(8-13(15)17)16(18)12-9-11(19)4-5-14(12)20/h3-6,8-9,16H,2,7H2,1H3. The van der Waals surface area contributed by atoms with Crippen molar-refractivity contribution < 1.29 is 9.13 Å². The number of halogens is 4. The quantitative estimate of drug-likeness (QED) is 0.485. The lowest BCUT2D eigenvalue weighted by molar-refractivity contribution is 0.315. The summed E-state index contributed by atoms with van der Waals surface area (Å²) in [6.07, 6.45) is 0.947. The Morgan fingerprint density at radius 3 is 2.67 bits per heavy atom. The molecule has 0 aliphatic carbocycles. The molecule has 1 unspecified atom stereocenters. The second kappa shape index (κ2) is 7.61. The zero-order valence-corrected chi connectivity index (χ0v) is 15.3. The molecule has 0 heterocycles. The molecule has 0 aromatic heterocycles. The number of ether oxygens (including phenoxy) is 1. The summed E-state index contributed by atoms with van der Waals surface area (Å²) in [5, 5.41) is 0.512. The van der Waals surface area contributed by atoms with Gasteiger partial charge in [0, 0.05) is 10.6 Å². The van der Waals surface area contributed by atoms with Crippen LogP contribution in [0.25, 0.3) is 0 Å². The first-order valence-corrected chi connectivity index (χ1v) is 8.63. The summed E-state index contributed by atoms with van der Waals surface area (Å²) in [5.74, 6) is 0.496. The van der Waals surface area contributed by atoms with Crippen molar-refractivity contribution in [3.05, 3.63) is 62.8 Å². The molecule has 2 aromatic rings. The molecule has 0 saturated carbocycles. The Hall–Kier alpha value is -0.580. The molecule has 0 aliphatic heterocycles. The van der Waals surface area contributed by atoms with Crippen LogP contribution in [0.5, 0.6) is 5.75 Å². The van der Waals surface area contributed by atoms with Gasteiger partial charge in [0.1, 0.15) is 11.6 Å². The van der Waals surface area contributed by atoms with Crippen LogP contribution in [-0.2, 0) is 0 Å². The second-order valence-corrected chi connectivity index (χ2v) is 6.77. The predicted octanol–water partition coefficient (Wildman–Crippen LogP) is 6.51. The molecular formula is C16H14Br2ClFO. The van der Waals surface area contributed by atoms with E-state index in [1.807, 2.05) is 18.2 Å². The minimum atomic E-state index is -0.288. The van der Waals surface area contributed by atoms with Crippen molar-refractivity contribution in [2.75, 3.05) is 6.61 Å². The van der Waals surface area contributed by atoms with E-state index in [9.17, 15) is 4.39 Å². The summed E-state index contributed by atoms with van der Waals surface area (Å²) in [4.78, 5) is -0.271. The van der Waals surface area contributed by atoms with E-state index >= 15 is 0 Å². The summed E-state index contributed by atoms with van der Waals surface area (Å²) in [6, 6.07) is 10.3. The largest absolute Gasteiger partial charge is 0.492 e. The van der Waals surface area contributed by atoms with Gasteiger partial charge < -0.3 is 4.74 Å². The topological polar surface area (TPSA) is 9.23 Å². The van der Waals surface area contributed by atoms with Crippen LogP contribution >= 0.6 is 43.5 Å². The van der Waals surface area contributed by atoms with Gasteiger partial charge in [0.05, 0.1) is 15.9 Å². The Kier molecular flexibility index (Phi) is 6.08. The molecule has 112 valence electrons. The van der Waals surface area contributed by atoms with Crippen LogP contribution in [0, 0.1) is 5.82 Å². The summed E-state index contributed by atoms with van der Waals surface area (Å²) < 4.78 is 20.4. The monoisotopic (exact) mass is 434 g/mol. The maximum absolute atomic E-state index is 13.9. The third-order valence-electron chi connectivity index (χ3n) is 2.94. The van der Waals surface area contributed by atoms with Gasteiger partial charge in [0.25, 0.3) is 0 Å². The lowest BCUT2D eigenvalue weighted by Gasteiger charge is -2.14. The maximum atomic E-state index is 13.9. The van der Waals surface area contributed by atoms with Crippen LogP contribution in [0.3, 0.4) is 0 Å². The van der Waals surface area contributed by atoms with Crippen LogP contribution in [0.2, 0.25) is 5.02 Å². The third-order valence-corrected chi connectivity index (χ3v) is 4.82. The van der Waals surface area contributed by atoms with E-state index in [0.717, 1.165) is 22.2 Å². The van der Waals surface area contributed by atoms with Crippen molar-refractivity contribution in [3.63, 3.8) is 0 Å². The van der Waals surface area contributed by atoms with Crippen LogP contribution in [0.1, 0.15) is 29.3 Å². The first-order chi connectivity index (χ1) is 10.0. The van der Waals surface area contributed by atoms with Crippen LogP contribution in [-0.4, -0.2) is 6.61 Å². The highest BCUT2D eigenvalue weighted by molar-refractivity contribution is 9.10. The van der Waals surface area contributed by atoms with Gasteiger partial charge in [-0.3, -0.25) is 0 Å². The second-order valence-electron chi connectivity index (χ2n) is 4.57. The van der Waals surface area contributed by atoms with Gasteiger partial charge in [-0.25, -0.2) is 4.39 Å². The zero-order chi connectivity index (χ0) is 15.4. The molecule has 0 spiro atoms. The Bertz CT molecular complexity index is 634. The average molecular weight is 437 g/mol. The number of hydrogen-bond acceptors (Lipinski definition) is 1. The van der Waals surface area contributed by atoms with Gasteiger partial charge in [0.2, 0.25) is 0 Å². The summed E-state index contributed by atoms with van der Waals surface area (Å²) in [7, 11) is 0. The first kappa shape index (κ1) is 16.8. The number of alkyl halides is 1. The van der Waals surface area contributed by atoms with Crippen LogP contribution in [0.15, 0.2) is 40.9 Å². The van der Waals surface area contributed by atoms with Gasteiger partial charge in [-0.1, -0.05) is 40.5 Å². The fraction of sp³-hybridized carbons (Fsp3) is 0.250. The van der Waals surface area contributed by atoms with Gasteiger partial charge in [0.15, 0.2) is 0 Å². The lowest BCUT2D eigenvalue weighted by Crippen LogP contribution is -1.99. The molecule has 2 rings (SSSR count). The smallest absolute Gasteiger partial charge is 0.133 e. The molecule has 0 amide bonds.